The maximum absolute atomic E-state index is 12.7. The number of hydrogen-bond donors (Lipinski definition) is 1. The van der Waals surface area contributed by atoms with Crippen LogP contribution in [0.1, 0.15) is 66.7 Å². The van der Waals surface area contributed by atoms with E-state index in [9.17, 15) is 9.59 Å². The van der Waals surface area contributed by atoms with Crippen LogP contribution in [0.25, 0.3) is 0 Å². The maximum Gasteiger partial charge on any atom is 0.309 e. The first-order valence-corrected chi connectivity index (χ1v) is 9.65. The van der Waals surface area contributed by atoms with Gasteiger partial charge in [0.2, 0.25) is 0 Å². The zero-order chi connectivity index (χ0) is 19.0. The van der Waals surface area contributed by atoms with Crippen LogP contribution in [-0.2, 0) is 19.1 Å². The van der Waals surface area contributed by atoms with E-state index in [2.05, 4.69) is 51.7 Å². The lowest BCUT2D eigenvalue weighted by molar-refractivity contribution is -0.164. The number of carbonyl (C=O) groups excluding carboxylic acids is 2. The fraction of sp³-hybridized carbons (Fsp3) is 0.895. The number of ether oxygens (including phenoxy) is 2. The van der Waals surface area contributed by atoms with Gasteiger partial charge in [0.1, 0.15) is 6.10 Å². The molecule has 2 fully saturated rings. The van der Waals surface area contributed by atoms with Crippen molar-refractivity contribution in [3.63, 3.8) is 0 Å². The number of thiol groups is 1. The molecule has 1 saturated heterocycles. The summed E-state index contributed by atoms with van der Waals surface area (Å²) in [5.74, 6) is -0.536. The number of carbonyl (C=O) groups is 2. The van der Waals surface area contributed by atoms with E-state index in [1.54, 1.807) is 0 Å². The molecule has 144 valence electrons. The van der Waals surface area contributed by atoms with Gasteiger partial charge in [-0.05, 0) is 52.9 Å². The van der Waals surface area contributed by atoms with Crippen molar-refractivity contribution in [2.24, 2.45) is 17.8 Å². The van der Waals surface area contributed by atoms with Crippen LogP contribution in [0.2, 0.25) is 0 Å². The topological polar surface area (TPSA) is 55.8 Å². The van der Waals surface area contributed by atoms with Gasteiger partial charge in [-0.3, -0.25) is 9.59 Å². The fourth-order valence-electron chi connectivity index (χ4n) is 4.54. The highest BCUT2D eigenvalue weighted by atomic mass is 32.1. The van der Waals surface area contributed by atoms with Crippen LogP contribution < -0.4 is 0 Å². The van der Waals surface area contributed by atoms with Crippen LogP contribution in [0.4, 0.5) is 0 Å². The van der Waals surface area contributed by atoms with Crippen molar-refractivity contribution in [1.29, 1.82) is 0 Å². The van der Waals surface area contributed by atoms with E-state index in [4.69, 9.17) is 9.47 Å². The third kappa shape index (κ3) is 4.51. The molecule has 2 aliphatic rings. The van der Waals surface area contributed by atoms with Crippen molar-refractivity contribution >= 4 is 24.8 Å². The first-order valence-electron chi connectivity index (χ1n) is 9.25. The minimum absolute atomic E-state index is 0.114. The summed E-state index contributed by atoms with van der Waals surface area (Å²) in [5.41, 5.74) is -0.295. The van der Waals surface area contributed by atoms with Gasteiger partial charge in [0.25, 0.3) is 0 Å². The molecule has 3 unspecified atom stereocenters. The molecule has 0 aromatic rings. The van der Waals surface area contributed by atoms with Crippen LogP contribution in [0.15, 0.2) is 0 Å². The van der Waals surface area contributed by atoms with Crippen molar-refractivity contribution in [1.82, 2.24) is 4.31 Å². The minimum Gasteiger partial charge on any atom is -0.469 e. The Labute approximate surface area is 157 Å². The molecule has 0 amide bonds. The second-order valence-corrected chi connectivity index (χ2v) is 9.42. The van der Waals surface area contributed by atoms with E-state index in [-0.39, 0.29) is 46.9 Å². The van der Waals surface area contributed by atoms with Gasteiger partial charge >= 0.3 is 11.9 Å². The molecular weight excluding hydrogens is 338 g/mol. The first-order chi connectivity index (χ1) is 11.5. The van der Waals surface area contributed by atoms with E-state index < -0.39 is 0 Å². The van der Waals surface area contributed by atoms with Gasteiger partial charge < -0.3 is 9.47 Å². The number of nitrogens with zero attached hydrogens (tertiary/aromatic N) is 1. The smallest absolute Gasteiger partial charge is 0.309 e. The summed E-state index contributed by atoms with van der Waals surface area (Å²) >= 11 is 4.65. The van der Waals surface area contributed by atoms with Crippen molar-refractivity contribution < 1.29 is 19.1 Å². The first kappa shape index (κ1) is 20.6. The zero-order valence-electron chi connectivity index (χ0n) is 16.4. The predicted molar refractivity (Wildman–Crippen MR) is 100 cm³/mol. The van der Waals surface area contributed by atoms with Crippen molar-refractivity contribution in [2.45, 2.75) is 83.9 Å². The van der Waals surface area contributed by atoms with Gasteiger partial charge in [0.05, 0.1) is 18.9 Å². The molecule has 0 aromatic heterocycles. The molecule has 0 aromatic carbocycles. The number of rotatable bonds is 3. The van der Waals surface area contributed by atoms with E-state index in [0.29, 0.717) is 6.42 Å². The molecule has 0 N–H and O–H groups in total. The standard InChI is InChI=1S/C19H33NO4S/c1-12-7-8-13(9-15(12)17(22)23-6)16(21)24-14-10-18(2,3)20(25)19(4,5)11-14/h12-15,25H,7-11H2,1-6H3. The molecule has 1 heterocycles. The Hall–Kier alpha value is -0.750. The van der Waals surface area contributed by atoms with Gasteiger partial charge in [-0.2, -0.15) is 0 Å². The Morgan fingerprint density at radius 2 is 1.60 bits per heavy atom. The second-order valence-electron chi connectivity index (χ2n) is 9.02. The number of methoxy groups -OCH3 is 1. The monoisotopic (exact) mass is 371 g/mol. The van der Waals surface area contributed by atoms with Gasteiger partial charge in [-0.1, -0.05) is 19.7 Å². The molecule has 6 heteroatoms. The third-order valence-corrected chi connectivity index (χ3v) is 7.00. The van der Waals surface area contributed by atoms with Gasteiger partial charge in [0.15, 0.2) is 0 Å². The minimum atomic E-state index is -0.212. The van der Waals surface area contributed by atoms with E-state index in [1.807, 2.05) is 0 Å². The molecule has 3 atom stereocenters. The number of piperidine rings is 1. The quantitative estimate of drug-likeness (QED) is 0.606. The highest BCUT2D eigenvalue weighted by molar-refractivity contribution is 7.77. The van der Waals surface area contributed by atoms with Crippen molar-refractivity contribution in [3.05, 3.63) is 0 Å². The molecule has 2 rings (SSSR count). The van der Waals surface area contributed by atoms with Gasteiger partial charge in [-0.25, -0.2) is 4.31 Å². The van der Waals surface area contributed by atoms with Crippen LogP contribution in [0, 0.1) is 17.8 Å². The van der Waals surface area contributed by atoms with Crippen LogP contribution in [0.5, 0.6) is 0 Å². The lowest BCUT2D eigenvalue weighted by Gasteiger charge is -2.52. The van der Waals surface area contributed by atoms with Crippen LogP contribution in [0.3, 0.4) is 0 Å². The molecule has 5 nitrogen and oxygen atoms in total. The zero-order valence-corrected chi connectivity index (χ0v) is 17.3. The Morgan fingerprint density at radius 3 is 2.12 bits per heavy atom. The SMILES string of the molecule is COC(=O)C1CC(C(=O)OC2CC(C)(C)N(S)C(C)(C)C2)CCC1C. The van der Waals surface area contributed by atoms with Gasteiger partial charge in [-0.15, -0.1) is 0 Å². The summed E-state index contributed by atoms with van der Waals surface area (Å²) < 4.78 is 12.9. The molecule has 1 aliphatic heterocycles. The predicted octanol–water partition coefficient (Wildman–Crippen LogP) is 3.62. The summed E-state index contributed by atoms with van der Waals surface area (Å²) in [6, 6.07) is 0. The second kappa shape index (κ2) is 7.47. The largest absolute Gasteiger partial charge is 0.469 e. The third-order valence-electron chi connectivity index (χ3n) is 5.92. The fourth-order valence-corrected chi connectivity index (χ4v) is 4.70. The molecule has 0 spiro atoms. The lowest BCUT2D eigenvalue weighted by atomic mass is 9.74. The Morgan fingerprint density at radius 1 is 1.04 bits per heavy atom. The summed E-state index contributed by atoms with van der Waals surface area (Å²) in [4.78, 5) is 24.7. The number of esters is 2. The molecular formula is C19H33NO4S. The molecule has 0 bridgehead atoms. The highest BCUT2D eigenvalue weighted by Crippen LogP contribution is 2.42. The summed E-state index contributed by atoms with van der Waals surface area (Å²) in [6.45, 7) is 10.5. The van der Waals surface area contributed by atoms with Crippen molar-refractivity contribution in [3.8, 4) is 0 Å². The molecule has 0 radical (unpaired) electrons. The average Bonchev–Trinajstić information content (AvgIpc) is 2.51. The van der Waals surface area contributed by atoms with Gasteiger partial charge in [0, 0.05) is 23.9 Å². The summed E-state index contributed by atoms with van der Waals surface area (Å²) in [7, 11) is 1.41. The van der Waals surface area contributed by atoms with E-state index >= 15 is 0 Å². The Balaban J connectivity index is 2.01. The van der Waals surface area contributed by atoms with Crippen LogP contribution >= 0.6 is 12.8 Å². The highest BCUT2D eigenvalue weighted by Gasteiger charge is 2.46. The summed E-state index contributed by atoms with van der Waals surface area (Å²) in [5, 5.41) is 0. The summed E-state index contributed by atoms with van der Waals surface area (Å²) in [6.07, 6.45) is 3.57. The lowest BCUT2D eigenvalue weighted by Crippen LogP contribution is -2.58. The van der Waals surface area contributed by atoms with Crippen LogP contribution in [-0.4, -0.2) is 40.5 Å². The molecule has 1 aliphatic carbocycles. The Kier molecular flexibility index (Phi) is 6.14. The van der Waals surface area contributed by atoms with Crippen molar-refractivity contribution in [2.75, 3.05) is 7.11 Å². The van der Waals surface area contributed by atoms with E-state index in [0.717, 1.165) is 25.7 Å². The van der Waals surface area contributed by atoms with E-state index in [1.165, 1.54) is 7.11 Å². The maximum atomic E-state index is 12.7. The number of hydrogen-bond acceptors (Lipinski definition) is 6. The Bertz CT molecular complexity index is 502. The average molecular weight is 372 g/mol. The normalized spacial score (nSPS) is 32.8. The molecule has 1 saturated carbocycles. The molecule has 25 heavy (non-hydrogen) atoms.